The lowest BCUT2D eigenvalue weighted by Crippen LogP contribution is -2.49. The maximum Gasteiger partial charge on any atom is 0.250 e. The fourth-order valence-electron chi connectivity index (χ4n) is 3.49. The van der Waals surface area contributed by atoms with Gasteiger partial charge in [-0.1, -0.05) is 53.5 Å². The molecule has 2 aromatic carbocycles. The Morgan fingerprint density at radius 2 is 1.79 bits per heavy atom. The van der Waals surface area contributed by atoms with E-state index < -0.39 is 0 Å². The summed E-state index contributed by atoms with van der Waals surface area (Å²) in [6.07, 6.45) is 3.42. The highest BCUT2D eigenvalue weighted by molar-refractivity contribution is 7.14. The molecule has 0 bridgehead atoms. The van der Waals surface area contributed by atoms with Crippen LogP contribution < -0.4 is 10.2 Å². The fourth-order valence-corrected chi connectivity index (χ4v) is 4.50. The number of rotatable bonds is 6. The Bertz CT molecular complexity index is 1160. The second-order valence-corrected chi connectivity index (χ2v) is 9.19. The van der Waals surface area contributed by atoms with Crippen LogP contribution in [0.3, 0.4) is 0 Å². The summed E-state index contributed by atoms with van der Waals surface area (Å²) in [5, 5.41) is 6.08. The summed E-state index contributed by atoms with van der Waals surface area (Å²) >= 11 is 13.4. The predicted octanol–water partition coefficient (Wildman–Crippen LogP) is 4.99. The number of anilines is 2. The smallest absolute Gasteiger partial charge is 0.250 e. The van der Waals surface area contributed by atoms with Crippen LogP contribution in [0.4, 0.5) is 10.8 Å². The Labute approximate surface area is 206 Å². The molecule has 1 aromatic heterocycles. The molecule has 9 heteroatoms. The molecular formula is C24H22Cl2N4O2S. The maximum atomic E-state index is 12.7. The van der Waals surface area contributed by atoms with Crippen molar-refractivity contribution in [2.24, 2.45) is 0 Å². The molecule has 0 aliphatic carbocycles. The van der Waals surface area contributed by atoms with Crippen molar-refractivity contribution in [1.82, 2.24) is 9.88 Å². The normalized spacial score (nSPS) is 14.0. The zero-order chi connectivity index (χ0) is 23.2. The minimum Gasteiger partial charge on any atom is -0.368 e. The van der Waals surface area contributed by atoms with Crippen LogP contribution in [0, 0.1) is 0 Å². The lowest BCUT2D eigenvalue weighted by atomic mass is 10.2. The van der Waals surface area contributed by atoms with Crippen LogP contribution in [-0.4, -0.2) is 47.9 Å². The first kappa shape index (κ1) is 23.3. The highest BCUT2D eigenvalue weighted by atomic mass is 35.5. The Morgan fingerprint density at radius 3 is 2.52 bits per heavy atom. The molecule has 0 atom stereocenters. The number of nitrogens with zero attached hydrogens (tertiary/aromatic N) is 3. The number of hydrogen-bond acceptors (Lipinski definition) is 5. The second-order valence-electron chi connectivity index (χ2n) is 7.52. The largest absolute Gasteiger partial charge is 0.368 e. The van der Waals surface area contributed by atoms with E-state index in [1.165, 1.54) is 17.4 Å². The van der Waals surface area contributed by atoms with Crippen molar-refractivity contribution >= 4 is 63.2 Å². The van der Waals surface area contributed by atoms with Gasteiger partial charge >= 0.3 is 0 Å². The quantitative estimate of drug-likeness (QED) is 0.484. The van der Waals surface area contributed by atoms with Crippen molar-refractivity contribution in [2.75, 3.05) is 36.4 Å². The van der Waals surface area contributed by atoms with E-state index in [9.17, 15) is 9.59 Å². The number of carbonyl (C=O) groups excluding carboxylic acids is 2. The van der Waals surface area contributed by atoms with Gasteiger partial charge in [0.15, 0.2) is 5.13 Å². The van der Waals surface area contributed by atoms with Gasteiger partial charge in [-0.15, -0.1) is 11.3 Å². The van der Waals surface area contributed by atoms with E-state index in [-0.39, 0.29) is 18.2 Å². The molecule has 0 unspecified atom stereocenters. The molecule has 33 heavy (non-hydrogen) atoms. The molecular weight excluding hydrogens is 479 g/mol. The standard InChI is InChI=1S/C24H22Cl2N4O2S/c25-20-8-7-19(15-21(20)26)29-10-12-30(13-11-29)23(32)14-18-16-33-24(27-18)28-22(31)9-6-17-4-2-1-3-5-17/h1-9,15-16H,10-14H2,(H,27,28,31)/b9-6+. The van der Waals surface area contributed by atoms with Crippen LogP contribution in [0.5, 0.6) is 0 Å². The molecule has 2 amide bonds. The summed E-state index contributed by atoms with van der Waals surface area (Å²) < 4.78 is 0. The molecule has 6 nitrogen and oxygen atoms in total. The van der Waals surface area contributed by atoms with Gasteiger partial charge in [-0.3, -0.25) is 14.9 Å². The van der Waals surface area contributed by atoms with Crippen molar-refractivity contribution in [3.05, 3.63) is 81.3 Å². The van der Waals surface area contributed by atoms with Gasteiger partial charge < -0.3 is 9.80 Å². The molecule has 0 saturated carbocycles. The summed E-state index contributed by atoms with van der Waals surface area (Å²) in [5.41, 5.74) is 2.59. The molecule has 1 aliphatic heterocycles. The Kier molecular flexibility index (Phi) is 7.65. The summed E-state index contributed by atoms with van der Waals surface area (Å²) in [6, 6.07) is 15.2. The van der Waals surface area contributed by atoms with Gasteiger partial charge in [-0.2, -0.15) is 0 Å². The molecule has 4 rings (SSSR count). The van der Waals surface area contributed by atoms with E-state index in [4.69, 9.17) is 23.2 Å². The summed E-state index contributed by atoms with van der Waals surface area (Å²) in [5.74, 6) is -0.236. The van der Waals surface area contributed by atoms with Crippen LogP contribution >= 0.6 is 34.5 Å². The number of halogens is 2. The van der Waals surface area contributed by atoms with Crippen molar-refractivity contribution in [1.29, 1.82) is 0 Å². The summed E-state index contributed by atoms with van der Waals surface area (Å²) in [6.45, 7) is 2.68. The van der Waals surface area contributed by atoms with Gasteiger partial charge in [0.25, 0.3) is 0 Å². The Hall–Kier alpha value is -2.87. The second kappa shape index (κ2) is 10.8. The van der Waals surface area contributed by atoms with Crippen molar-refractivity contribution < 1.29 is 9.59 Å². The number of piperazine rings is 1. The van der Waals surface area contributed by atoms with Crippen molar-refractivity contribution in [2.45, 2.75) is 6.42 Å². The van der Waals surface area contributed by atoms with Crippen molar-refractivity contribution in [3.8, 4) is 0 Å². The highest BCUT2D eigenvalue weighted by Crippen LogP contribution is 2.28. The van der Waals surface area contributed by atoms with E-state index in [1.54, 1.807) is 17.5 Å². The van der Waals surface area contributed by atoms with Crippen LogP contribution in [-0.2, 0) is 16.0 Å². The summed E-state index contributed by atoms with van der Waals surface area (Å²) in [7, 11) is 0. The molecule has 1 N–H and O–H groups in total. The fraction of sp³-hybridized carbons (Fsp3) is 0.208. The third-order valence-corrected chi connectivity index (χ3v) is 6.79. The minimum absolute atomic E-state index is 0.0240. The van der Waals surface area contributed by atoms with Crippen LogP contribution in [0.2, 0.25) is 10.0 Å². The van der Waals surface area contributed by atoms with Gasteiger partial charge in [-0.25, -0.2) is 4.98 Å². The monoisotopic (exact) mass is 500 g/mol. The number of hydrogen-bond donors (Lipinski definition) is 1. The Morgan fingerprint density at radius 1 is 1.03 bits per heavy atom. The molecule has 170 valence electrons. The molecule has 1 fully saturated rings. The lowest BCUT2D eigenvalue weighted by molar-refractivity contribution is -0.130. The van der Waals surface area contributed by atoms with Gasteiger partial charge in [-0.05, 0) is 29.8 Å². The number of nitrogens with one attached hydrogen (secondary N) is 1. The number of benzene rings is 2. The van der Waals surface area contributed by atoms with E-state index >= 15 is 0 Å². The average molecular weight is 501 g/mol. The minimum atomic E-state index is -0.260. The average Bonchev–Trinajstić information content (AvgIpc) is 3.26. The topological polar surface area (TPSA) is 65.5 Å². The lowest BCUT2D eigenvalue weighted by Gasteiger charge is -2.36. The van der Waals surface area contributed by atoms with E-state index in [1.807, 2.05) is 47.4 Å². The van der Waals surface area contributed by atoms with Gasteiger partial charge in [0, 0.05) is 43.3 Å². The molecule has 1 saturated heterocycles. The zero-order valence-corrected chi connectivity index (χ0v) is 20.0. The van der Waals surface area contributed by atoms with E-state index in [2.05, 4.69) is 15.2 Å². The van der Waals surface area contributed by atoms with Crippen LogP contribution in [0.1, 0.15) is 11.3 Å². The third kappa shape index (κ3) is 6.35. The first-order valence-corrected chi connectivity index (χ1v) is 12.1. The molecule has 3 aromatic rings. The van der Waals surface area contributed by atoms with E-state index in [0.717, 1.165) is 24.3 Å². The number of aromatic nitrogens is 1. The molecule has 1 aliphatic rings. The SMILES string of the molecule is O=C(/C=C/c1ccccc1)Nc1nc(CC(=O)N2CCN(c3ccc(Cl)c(Cl)c3)CC2)cs1. The first-order chi connectivity index (χ1) is 16.0. The number of carbonyl (C=O) groups is 2. The van der Waals surface area contributed by atoms with Gasteiger partial charge in [0.05, 0.1) is 22.2 Å². The predicted molar refractivity (Wildman–Crippen MR) is 135 cm³/mol. The number of amides is 2. The maximum absolute atomic E-state index is 12.7. The molecule has 2 heterocycles. The number of thiazole rings is 1. The highest BCUT2D eigenvalue weighted by Gasteiger charge is 2.22. The van der Waals surface area contributed by atoms with Crippen LogP contribution in [0.25, 0.3) is 6.08 Å². The molecule has 0 spiro atoms. The van der Waals surface area contributed by atoms with Gasteiger partial charge in [0.2, 0.25) is 11.8 Å². The Balaban J connectivity index is 1.26. The van der Waals surface area contributed by atoms with Gasteiger partial charge in [0.1, 0.15) is 0 Å². The first-order valence-electron chi connectivity index (χ1n) is 10.4. The van der Waals surface area contributed by atoms with Crippen molar-refractivity contribution in [3.63, 3.8) is 0 Å². The van der Waals surface area contributed by atoms with E-state index in [0.29, 0.717) is 34.0 Å². The molecule has 0 radical (unpaired) electrons. The summed E-state index contributed by atoms with van der Waals surface area (Å²) in [4.78, 5) is 33.3. The third-order valence-electron chi connectivity index (χ3n) is 5.24. The van der Waals surface area contributed by atoms with Crippen LogP contribution in [0.15, 0.2) is 60.0 Å². The zero-order valence-electron chi connectivity index (χ0n) is 17.7.